The van der Waals surface area contributed by atoms with E-state index in [0.29, 0.717) is 25.4 Å². The van der Waals surface area contributed by atoms with Crippen LogP contribution in [0.25, 0.3) is 10.9 Å². The third-order valence-corrected chi connectivity index (χ3v) is 4.96. The molecular formula is C21H28N4O2. The van der Waals surface area contributed by atoms with Crippen molar-refractivity contribution in [3.05, 3.63) is 52.5 Å². The number of aromatic nitrogens is 3. The van der Waals surface area contributed by atoms with Crippen LogP contribution < -0.4 is 0 Å². The number of rotatable bonds is 7. The maximum Gasteiger partial charge on any atom is 0.270 e. The first-order chi connectivity index (χ1) is 12.9. The quantitative estimate of drug-likeness (QED) is 0.693. The van der Waals surface area contributed by atoms with E-state index in [1.165, 1.54) is 5.56 Å². The Kier molecular flexibility index (Phi) is 5.65. The number of carbonyl (C=O) groups is 1. The average molecular weight is 368 g/mol. The molecule has 6 heteroatoms. The number of carbonyl (C=O) groups excluding carboxylic acids is 1. The van der Waals surface area contributed by atoms with E-state index < -0.39 is 0 Å². The van der Waals surface area contributed by atoms with Gasteiger partial charge in [0.2, 0.25) is 0 Å². The second-order valence-electron chi connectivity index (χ2n) is 7.05. The number of H-pyrrole nitrogens is 1. The van der Waals surface area contributed by atoms with Crippen molar-refractivity contribution < 1.29 is 9.53 Å². The van der Waals surface area contributed by atoms with Crippen molar-refractivity contribution in [1.82, 2.24) is 19.7 Å². The summed E-state index contributed by atoms with van der Waals surface area (Å²) in [5, 5.41) is 5.43. The lowest BCUT2D eigenvalue weighted by molar-refractivity contribution is 0.0675. The molecule has 2 aromatic heterocycles. The van der Waals surface area contributed by atoms with E-state index in [9.17, 15) is 4.79 Å². The van der Waals surface area contributed by atoms with Gasteiger partial charge in [-0.25, -0.2) is 0 Å². The number of aryl methyl sites for hydroxylation is 4. The average Bonchev–Trinajstić information content (AvgIpc) is 3.23. The molecule has 0 fully saturated rings. The van der Waals surface area contributed by atoms with Gasteiger partial charge in [0.25, 0.3) is 5.91 Å². The fourth-order valence-electron chi connectivity index (χ4n) is 3.49. The van der Waals surface area contributed by atoms with Crippen molar-refractivity contribution in [3.63, 3.8) is 0 Å². The Bertz CT molecular complexity index is 955. The Hall–Kier alpha value is -2.60. The summed E-state index contributed by atoms with van der Waals surface area (Å²) in [6.45, 7) is 10.5. The molecule has 3 aromatic rings. The van der Waals surface area contributed by atoms with Gasteiger partial charge in [-0.3, -0.25) is 9.48 Å². The zero-order chi connectivity index (χ0) is 19.6. The highest BCUT2D eigenvalue weighted by Gasteiger charge is 2.22. The molecule has 0 aliphatic heterocycles. The highest BCUT2D eigenvalue weighted by molar-refractivity contribution is 6.01. The van der Waals surface area contributed by atoms with Crippen LogP contribution in [0.15, 0.2) is 24.5 Å². The Labute approximate surface area is 160 Å². The number of methoxy groups -OCH3 is 1. The van der Waals surface area contributed by atoms with Gasteiger partial charge in [-0.15, -0.1) is 0 Å². The molecule has 0 atom stereocenters. The van der Waals surface area contributed by atoms with Gasteiger partial charge in [-0.2, -0.15) is 5.10 Å². The van der Waals surface area contributed by atoms with E-state index >= 15 is 0 Å². The Balaban J connectivity index is 1.94. The topological polar surface area (TPSA) is 63.1 Å². The van der Waals surface area contributed by atoms with Gasteiger partial charge in [0.1, 0.15) is 5.69 Å². The number of hydrogen-bond donors (Lipinski definition) is 1. The molecule has 0 radical (unpaired) electrons. The fourth-order valence-corrected chi connectivity index (χ4v) is 3.49. The summed E-state index contributed by atoms with van der Waals surface area (Å²) < 4.78 is 7.09. The standard InChI is InChI=1S/C21H28N4O2/c1-6-25-13-17(11-22-25)12-24(7-8-27-5)21(26)20-16(4)18-10-14(2)9-15(3)19(18)23-20/h9-11,13,23H,6-8,12H2,1-5H3. The molecule has 2 heterocycles. The van der Waals surface area contributed by atoms with Crippen LogP contribution in [0.3, 0.4) is 0 Å². The second-order valence-corrected chi connectivity index (χ2v) is 7.05. The SMILES string of the molecule is CCn1cc(CN(CCOC)C(=O)c2[nH]c3c(C)cc(C)cc3c2C)cn1. The molecule has 0 spiro atoms. The second kappa shape index (κ2) is 7.96. The van der Waals surface area contributed by atoms with Crippen LogP contribution in [0.4, 0.5) is 0 Å². The fraction of sp³-hybridized carbons (Fsp3) is 0.429. The lowest BCUT2D eigenvalue weighted by atomic mass is 10.1. The van der Waals surface area contributed by atoms with Crippen molar-refractivity contribution in [2.75, 3.05) is 20.3 Å². The molecule has 3 rings (SSSR count). The number of aromatic amines is 1. The van der Waals surface area contributed by atoms with Crippen LogP contribution in [-0.2, 0) is 17.8 Å². The maximum absolute atomic E-state index is 13.3. The van der Waals surface area contributed by atoms with E-state index in [2.05, 4.69) is 36.1 Å². The third kappa shape index (κ3) is 3.90. The molecule has 0 unspecified atom stereocenters. The van der Waals surface area contributed by atoms with Crippen molar-refractivity contribution in [1.29, 1.82) is 0 Å². The number of nitrogens with zero attached hydrogens (tertiary/aromatic N) is 3. The first-order valence-electron chi connectivity index (χ1n) is 9.33. The Morgan fingerprint density at radius 3 is 2.74 bits per heavy atom. The van der Waals surface area contributed by atoms with Crippen LogP contribution in [0, 0.1) is 20.8 Å². The van der Waals surface area contributed by atoms with Crippen LogP contribution in [0.1, 0.15) is 39.7 Å². The highest BCUT2D eigenvalue weighted by atomic mass is 16.5. The molecule has 0 saturated heterocycles. The molecule has 6 nitrogen and oxygen atoms in total. The third-order valence-electron chi connectivity index (χ3n) is 4.96. The zero-order valence-corrected chi connectivity index (χ0v) is 16.8. The lowest BCUT2D eigenvalue weighted by Crippen LogP contribution is -2.34. The summed E-state index contributed by atoms with van der Waals surface area (Å²) in [4.78, 5) is 18.5. The number of nitrogens with one attached hydrogen (secondary N) is 1. The monoisotopic (exact) mass is 368 g/mol. The predicted octanol–water partition coefficient (Wildman–Crippen LogP) is 3.60. The number of hydrogen-bond acceptors (Lipinski definition) is 3. The van der Waals surface area contributed by atoms with E-state index in [-0.39, 0.29) is 5.91 Å². The zero-order valence-electron chi connectivity index (χ0n) is 16.8. The summed E-state index contributed by atoms with van der Waals surface area (Å²) in [5.74, 6) is -0.0120. The van der Waals surface area contributed by atoms with Crippen molar-refractivity contribution in [2.45, 2.75) is 40.8 Å². The highest BCUT2D eigenvalue weighted by Crippen LogP contribution is 2.27. The molecule has 0 saturated carbocycles. The minimum absolute atomic E-state index is 0.0120. The molecule has 144 valence electrons. The molecule has 0 bridgehead atoms. The normalized spacial score (nSPS) is 11.3. The van der Waals surface area contributed by atoms with Gasteiger partial charge < -0.3 is 14.6 Å². The van der Waals surface area contributed by atoms with E-state index in [0.717, 1.165) is 34.1 Å². The lowest BCUT2D eigenvalue weighted by Gasteiger charge is -2.21. The number of amides is 1. The van der Waals surface area contributed by atoms with Gasteiger partial charge in [0, 0.05) is 49.4 Å². The van der Waals surface area contributed by atoms with Crippen molar-refractivity contribution in [3.8, 4) is 0 Å². The van der Waals surface area contributed by atoms with E-state index in [4.69, 9.17) is 4.74 Å². The van der Waals surface area contributed by atoms with Gasteiger partial charge >= 0.3 is 0 Å². The minimum Gasteiger partial charge on any atom is -0.383 e. The Morgan fingerprint density at radius 1 is 1.30 bits per heavy atom. The van der Waals surface area contributed by atoms with Gasteiger partial charge in [0.05, 0.1) is 12.8 Å². The summed E-state index contributed by atoms with van der Waals surface area (Å²) in [5.41, 5.74) is 6.05. The van der Waals surface area contributed by atoms with Crippen LogP contribution in [0.5, 0.6) is 0 Å². The van der Waals surface area contributed by atoms with Gasteiger partial charge in [0.15, 0.2) is 0 Å². The first kappa shape index (κ1) is 19.2. The van der Waals surface area contributed by atoms with Crippen molar-refractivity contribution >= 4 is 16.8 Å². The maximum atomic E-state index is 13.3. The molecule has 0 aliphatic rings. The predicted molar refractivity (Wildman–Crippen MR) is 107 cm³/mol. The Morgan fingerprint density at radius 2 is 2.07 bits per heavy atom. The van der Waals surface area contributed by atoms with E-state index in [1.54, 1.807) is 7.11 Å². The largest absolute Gasteiger partial charge is 0.383 e. The smallest absolute Gasteiger partial charge is 0.270 e. The number of fused-ring (bicyclic) bond motifs is 1. The molecule has 1 N–H and O–H groups in total. The number of ether oxygens (including phenoxy) is 1. The van der Waals surface area contributed by atoms with Gasteiger partial charge in [-0.05, 0) is 44.9 Å². The first-order valence-corrected chi connectivity index (χ1v) is 9.33. The molecule has 1 aromatic carbocycles. The van der Waals surface area contributed by atoms with Crippen molar-refractivity contribution in [2.24, 2.45) is 0 Å². The van der Waals surface area contributed by atoms with E-state index in [1.807, 2.05) is 35.8 Å². The summed E-state index contributed by atoms with van der Waals surface area (Å²) in [6, 6.07) is 4.27. The van der Waals surface area contributed by atoms with Crippen LogP contribution in [-0.4, -0.2) is 45.8 Å². The molecule has 27 heavy (non-hydrogen) atoms. The summed E-state index contributed by atoms with van der Waals surface area (Å²) in [7, 11) is 1.65. The van der Waals surface area contributed by atoms with Crippen LogP contribution in [0.2, 0.25) is 0 Å². The van der Waals surface area contributed by atoms with Crippen LogP contribution >= 0.6 is 0 Å². The summed E-state index contributed by atoms with van der Waals surface area (Å²) >= 11 is 0. The molecule has 1 amide bonds. The number of benzene rings is 1. The van der Waals surface area contributed by atoms with Gasteiger partial charge in [-0.1, -0.05) is 11.6 Å². The minimum atomic E-state index is -0.0120. The molecular weight excluding hydrogens is 340 g/mol. The summed E-state index contributed by atoms with van der Waals surface area (Å²) in [6.07, 6.45) is 3.81. The molecule has 0 aliphatic carbocycles.